The molecule has 0 unspecified atom stereocenters. The smallest absolute Gasteiger partial charge is 0.298 e. The Bertz CT molecular complexity index is 1360. The van der Waals surface area contributed by atoms with E-state index in [4.69, 9.17) is 14.7 Å². The third-order valence-corrected chi connectivity index (χ3v) is 8.17. The van der Waals surface area contributed by atoms with Crippen LogP contribution in [0.15, 0.2) is 29.7 Å². The summed E-state index contributed by atoms with van der Waals surface area (Å²) in [4.78, 5) is 12.4. The van der Waals surface area contributed by atoms with Gasteiger partial charge in [-0.05, 0) is 34.4 Å². The molecule has 1 fully saturated rings. The first-order chi connectivity index (χ1) is 17.4. The van der Waals surface area contributed by atoms with E-state index in [0.29, 0.717) is 16.6 Å². The number of benzene rings is 1. The van der Waals surface area contributed by atoms with E-state index in [2.05, 4.69) is 28.8 Å². The molecule has 202 valence electrons. The summed E-state index contributed by atoms with van der Waals surface area (Å²) in [6, 6.07) is 3.83. The van der Waals surface area contributed by atoms with E-state index in [9.17, 15) is 18.6 Å². The van der Waals surface area contributed by atoms with Gasteiger partial charge in [-0.25, -0.2) is 15.0 Å². The Morgan fingerprint density at radius 3 is 2.22 bits per heavy atom. The van der Waals surface area contributed by atoms with E-state index in [1.165, 1.54) is 17.2 Å². The van der Waals surface area contributed by atoms with Gasteiger partial charge in [-0.2, -0.15) is 8.42 Å². The zero-order valence-electron chi connectivity index (χ0n) is 21.9. The number of anilines is 1. The van der Waals surface area contributed by atoms with Gasteiger partial charge in [0.05, 0.1) is 12.9 Å². The number of fused-ring (bicyclic) bond motifs is 1. The van der Waals surface area contributed by atoms with E-state index in [1.807, 2.05) is 39.8 Å². The topological polar surface area (TPSA) is 163 Å². The van der Waals surface area contributed by atoms with Crippen molar-refractivity contribution in [2.75, 3.05) is 12.3 Å². The summed E-state index contributed by atoms with van der Waals surface area (Å²) in [5, 5.41) is 20.8. The molecule has 0 bridgehead atoms. The summed E-state index contributed by atoms with van der Waals surface area (Å²) in [5.41, 5.74) is 8.80. The van der Waals surface area contributed by atoms with Gasteiger partial charge >= 0.3 is 0 Å². The molecule has 4 rings (SSSR count). The molecular formula is C25H35N5O6S. The van der Waals surface area contributed by atoms with Crippen LogP contribution in [0.3, 0.4) is 0 Å². The lowest BCUT2D eigenvalue weighted by molar-refractivity contribution is -0.0483. The average Bonchev–Trinajstić information content (AvgIpc) is 3.39. The van der Waals surface area contributed by atoms with Crippen LogP contribution in [-0.2, 0) is 19.0 Å². The Balaban J connectivity index is 1.83. The number of imidazole rings is 1. The first kappa shape index (κ1) is 27.4. The minimum atomic E-state index is -4.40. The van der Waals surface area contributed by atoms with Crippen LogP contribution < -0.4 is 5.73 Å². The zero-order valence-corrected chi connectivity index (χ0v) is 22.7. The molecule has 0 radical (unpaired) electrons. The van der Waals surface area contributed by atoms with Gasteiger partial charge in [0.1, 0.15) is 28.9 Å². The van der Waals surface area contributed by atoms with Gasteiger partial charge in [-0.3, -0.25) is 8.75 Å². The van der Waals surface area contributed by atoms with Gasteiger partial charge in [0.15, 0.2) is 23.8 Å². The number of aliphatic hydroxyl groups excluding tert-OH is 2. The second-order valence-electron chi connectivity index (χ2n) is 10.3. The molecule has 4 N–H and O–H groups in total. The van der Waals surface area contributed by atoms with E-state index in [-0.39, 0.29) is 34.1 Å². The lowest BCUT2D eigenvalue weighted by atomic mass is 9.89. The predicted molar refractivity (Wildman–Crippen MR) is 138 cm³/mol. The molecule has 1 aliphatic heterocycles. The number of hydrogen-bond acceptors (Lipinski definition) is 10. The van der Waals surface area contributed by atoms with Crippen LogP contribution in [0.5, 0.6) is 0 Å². The summed E-state index contributed by atoms with van der Waals surface area (Å²) in [7, 11) is -4.40. The van der Waals surface area contributed by atoms with E-state index < -0.39 is 41.3 Å². The van der Waals surface area contributed by atoms with E-state index >= 15 is 0 Å². The normalized spacial score (nSPS) is 22.7. The molecular weight excluding hydrogens is 498 g/mol. The van der Waals surface area contributed by atoms with Gasteiger partial charge in [0, 0.05) is 0 Å². The van der Waals surface area contributed by atoms with Crippen LogP contribution >= 0.6 is 0 Å². The second kappa shape index (κ2) is 10.3. The average molecular weight is 534 g/mol. The Labute approximate surface area is 216 Å². The van der Waals surface area contributed by atoms with Crippen LogP contribution in [-0.4, -0.2) is 63.1 Å². The lowest BCUT2D eigenvalue weighted by Gasteiger charge is -2.26. The molecule has 11 nitrogen and oxygen atoms in total. The highest BCUT2D eigenvalue weighted by atomic mass is 32.2. The number of nitrogens with zero attached hydrogens (tertiary/aromatic N) is 4. The minimum Gasteiger partial charge on any atom is -0.394 e. The molecule has 1 aromatic carbocycles. The second-order valence-corrected chi connectivity index (χ2v) is 11.8. The summed E-state index contributed by atoms with van der Waals surface area (Å²) in [6.07, 6.45) is -2.45. The number of rotatable bonds is 8. The van der Waals surface area contributed by atoms with Gasteiger partial charge in [-0.1, -0.05) is 53.7 Å². The highest BCUT2D eigenvalue weighted by Crippen LogP contribution is 2.40. The Morgan fingerprint density at radius 2 is 1.68 bits per heavy atom. The van der Waals surface area contributed by atoms with Gasteiger partial charge in [0.25, 0.3) is 10.1 Å². The van der Waals surface area contributed by atoms with Crippen molar-refractivity contribution in [3.63, 3.8) is 0 Å². The van der Waals surface area contributed by atoms with Crippen molar-refractivity contribution in [1.82, 2.24) is 19.5 Å². The van der Waals surface area contributed by atoms with Crippen molar-refractivity contribution in [3.8, 4) is 0 Å². The van der Waals surface area contributed by atoms with Crippen LogP contribution in [0.25, 0.3) is 11.2 Å². The predicted octanol–water partition coefficient (Wildman–Crippen LogP) is 2.80. The maximum atomic E-state index is 14.0. The standard InChI is InChI=1S/C25H35N5O6S/c1-12(2)15-7-16(13(3)4)22(17(8-15)14(5)6)37(33,34)36-21-20(32)18(9-31)35-25(21)30-11-29-19-23(26)27-10-28-24(19)30/h7-8,10-14,18,20-21,25,31-32H,9H2,1-6H3,(H2,26,27,28)/t18-,20-,21-,25-/m1/s1. The molecule has 0 aliphatic carbocycles. The lowest BCUT2D eigenvalue weighted by Crippen LogP contribution is -2.37. The molecule has 1 aliphatic rings. The zero-order chi connectivity index (χ0) is 27.2. The summed E-state index contributed by atoms with van der Waals surface area (Å²) >= 11 is 0. The molecule has 4 atom stereocenters. The Morgan fingerprint density at radius 1 is 1.05 bits per heavy atom. The maximum Gasteiger partial charge on any atom is 0.298 e. The fourth-order valence-electron chi connectivity index (χ4n) is 4.63. The van der Waals surface area contributed by atoms with Gasteiger partial charge < -0.3 is 20.7 Å². The molecule has 0 saturated carbocycles. The first-order valence-corrected chi connectivity index (χ1v) is 13.8. The third kappa shape index (κ3) is 4.96. The van der Waals surface area contributed by atoms with Crippen molar-refractivity contribution in [1.29, 1.82) is 0 Å². The van der Waals surface area contributed by atoms with Crippen LogP contribution in [0, 0.1) is 0 Å². The molecule has 3 heterocycles. The third-order valence-electron chi connectivity index (χ3n) is 6.72. The summed E-state index contributed by atoms with van der Waals surface area (Å²) in [6.45, 7) is 11.3. The first-order valence-electron chi connectivity index (χ1n) is 12.4. The van der Waals surface area contributed by atoms with Crippen molar-refractivity contribution < 1.29 is 27.6 Å². The molecule has 12 heteroatoms. The maximum absolute atomic E-state index is 14.0. The number of aliphatic hydroxyl groups is 2. The molecule has 0 amide bonds. The van der Waals surface area contributed by atoms with Crippen LogP contribution in [0.2, 0.25) is 0 Å². The Kier molecular flexibility index (Phi) is 7.59. The van der Waals surface area contributed by atoms with Gasteiger partial charge in [0.2, 0.25) is 0 Å². The summed E-state index contributed by atoms with van der Waals surface area (Å²) < 4.78 is 41.0. The number of aromatic nitrogens is 4. The highest BCUT2D eigenvalue weighted by Gasteiger charge is 2.49. The molecule has 0 spiro atoms. The van der Waals surface area contributed by atoms with Crippen LogP contribution in [0.1, 0.15) is 82.2 Å². The fraction of sp³-hybridized carbons (Fsp3) is 0.560. The van der Waals surface area contributed by atoms with Crippen molar-refractivity contribution in [3.05, 3.63) is 41.5 Å². The largest absolute Gasteiger partial charge is 0.394 e. The molecule has 3 aromatic rings. The molecule has 37 heavy (non-hydrogen) atoms. The highest BCUT2D eigenvalue weighted by molar-refractivity contribution is 7.86. The molecule has 1 saturated heterocycles. The fourth-order valence-corrected chi connectivity index (χ4v) is 6.39. The monoisotopic (exact) mass is 533 g/mol. The Hall–Kier alpha value is -2.64. The van der Waals surface area contributed by atoms with Gasteiger partial charge in [-0.15, -0.1) is 0 Å². The number of ether oxygens (including phenoxy) is 1. The van der Waals surface area contributed by atoms with E-state index in [0.717, 1.165) is 5.56 Å². The van der Waals surface area contributed by atoms with Crippen molar-refractivity contribution >= 4 is 27.1 Å². The number of nitrogens with two attached hydrogens (primary N) is 1. The number of hydrogen-bond donors (Lipinski definition) is 3. The SMILES string of the molecule is CC(C)c1cc(C(C)C)c(S(=O)(=O)O[C@@H]2[C@H](O)[C@@H](CO)O[C@H]2n2cnc3c(N)ncnc32)c(C(C)C)c1. The van der Waals surface area contributed by atoms with Crippen molar-refractivity contribution in [2.45, 2.75) is 88.7 Å². The minimum absolute atomic E-state index is 0.0994. The van der Waals surface area contributed by atoms with Crippen LogP contribution in [0.4, 0.5) is 5.82 Å². The quantitative estimate of drug-likeness (QED) is 0.367. The number of nitrogen functional groups attached to an aromatic ring is 1. The molecule has 2 aromatic heterocycles. The van der Waals surface area contributed by atoms with Crippen molar-refractivity contribution in [2.24, 2.45) is 0 Å². The summed E-state index contributed by atoms with van der Waals surface area (Å²) in [5.74, 6) is 0.135. The van der Waals surface area contributed by atoms with E-state index in [1.54, 1.807) is 0 Å².